The van der Waals surface area contributed by atoms with Gasteiger partial charge in [0.2, 0.25) is 0 Å². The van der Waals surface area contributed by atoms with Gasteiger partial charge in [-0.25, -0.2) is 4.39 Å². The van der Waals surface area contributed by atoms with E-state index in [0.717, 1.165) is 24.8 Å². The van der Waals surface area contributed by atoms with E-state index in [9.17, 15) is 4.39 Å². The average molecular weight is 361 g/mol. The van der Waals surface area contributed by atoms with Crippen molar-refractivity contribution in [1.29, 1.82) is 0 Å². The Hall–Kier alpha value is -2.27. The fourth-order valence-electron chi connectivity index (χ4n) is 2.42. The van der Waals surface area contributed by atoms with E-state index in [4.69, 9.17) is 14.6 Å². The summed E-state index contributed by atoms with van der Waals surface area (Å²) in [4.78, 5) is 0. The molecule has 26 heavy (non-hydrogen) atoms. The van der Waals surface area contributed by atoms with E-state index >= 15 is 0 Å². The van der Waals surface area contributed by atoms with Crippen molar-refractivity contribution in [3.8, 4) is 17.2 Å². The van der Waals surface area contributed by atoms with E-state index in [1.165, 1.54) is 6.07 Å². The number of anilines is 1. The minimum absolute atomic E-state index is 0.102. The first-order chi connectivity index (χ1) is 12.7. The number of rotatable bonds is 11. The maximum Gasteiger partial charge on any atom is 0.169 e. The summed E-state index contributed by atoms with van der Waals surface area (Å²) in [7, 11) is 0. The van der Waals surface area contributed by atoms with Gasteiger partial charge in [0.25, 0.3) is 0 Å². The van der Waals surface area contributed by atoms with Crippen LogP contribution in [-0.2, 0) is 6.42 Å². The standard InChI is InChI=1S/C21H28FNO3/c1-3-5-13-25-21-14-16(4-2)7-9-20(21)26-19-10-8-17(15-18(19)22)23-11-6-12-24/h7-10,14-15,23-24H,3-6,11-13H2,1-2H3. The van der Waals surface area contributed by atoms with Crippen LogP contribution in [0.1, 0.15) is 38.7 Å². The van der Waals surface area contributed by atoms with Gasteiger partial charge >= 0.3 is 0 Å². The Morgan fingerprint density at radius 1 is 1.00 bits per heavy atom. The smallest absolute Gasteiger partial charge is 0.169 e. The summed E-state index contributed by atoms with van der Waals surface area (Å²) in [5.41, 5.74) is 1.80. The van der Waals surface area contributed by atoms with Gasteiger partial charge in [-0.1, -0.05) is 26.3 Å². The first-order valence-electron chi connectivity index (χ1n) is 9.25. The summed E-state index contributed by atoms with van der Waals surface area (Å²) >= 11 is 0. The van der Waals surface area contributed by atoms with Crippen LogP contribution in [0.2, 0.25) is 0 Å². The zero-order valence-corrected chi connectivity index (χ0v) is 15.6. The minimum atomic E-state index is -0.446. The minimum Gasteiger partial charge on any atom is -0.490 e. The lowest BCUT2D eigenvalue weighted by Crippen LogP contribution is -2.04. The SMILES string of the molecule is CCCCOc1cc(CC)ccc1Oc1ccc(NCCCO)cc1F. The number of ether oxygens (including phenoxy) is 2. The topological polar surface area (TPSA) is 50.7 Å². The lowest BCUT2D eigenvalue weighted by atomic mass is 10.1. The van der Waals surface area contributed by atoms with Crippen LogP contribution in [0.3, 0.4) is 0 Å². The molecular weight excluding hydrogens is 333 g/mol. The molecule has 0 spiro atoms. The number of aliphatic hydroxyl groups is 1. The Kier molecular flexibility index (Phi) is 8.22. The molecule has 0 heterocycles. The van der Waals surface area contributed by atoms with Gasteiger partial charge in [0.15, 0.2) is 23.1 Å². The molecule has 0 saturated carbocycles. The number of benzene rings is 2. The van der Waals surface area contributed by atoms with E-state index in [1.54, 1.807) is 12.1 Å². The Labute approximate surface area is 155 Å². The van der Waals surface area contributed by atoms with Crippen molar-refractivity contribution < 1.29 is 19.0 Å². The molecular formula is C21H28FNO3. The van der Waals surface area contributed by atoms with E-state index in [-0.39, 0.29) is 12.4 Å². The van der Waals surface area contributed by atoms with E-state index in [0.29, 0.717) is 36.8 Å². The molecule has 2 rings (SSSR count). The zero-order valence-electron chi connectivity index (χ0n) is 15.6. The van der Waals surface area contributed by atoms with Crippen LogP contribution < -0.4 is 14.8 Å². The third kappa shape index (κ3) is 5.92. The fourth-order valence-corrected chi connectivity index (χ4v) is 2.42. The first kappa shape index (κ1) is 20.0. The first-order valence-corrected chi connectivity index (χ1v) is 9.25. The number of aliphatic hydroxyl groups excluding tert-OH is 1. The van der Waals surface area contributed by atoms with Gasteiger partial charge in [-0.3, -0.25) is 0 Å². The van der Waals surface area contributed by atoms with Crippen molar-refractivity contribution in [2.75, 3.05) is 25.1 Å². The molecule has 0 aromatic heterocycles. The quantitative estimate of drug-likeness (QED) is 0.543. The van der Waals surface area contributed by atoms with Crippen molar-refractivity contribution in [2.45, 2.75) is 39.5 Å². The summed E-state index contributed by atoms with van der Waals surface area (Å²) in [6, 6.07) is 10.5. The van der Waals surface area contributed by atoms with E-state index in [1.807, 2.05) is 18.2 Å². The summed E-state index contributed by atoms with van der Waals surface area (Å²) in [5.74, 6) is 0.862. The molecule has 0 unspecified atom stereocenters. The molecule has 2 N–H and O–H groups in total. The summed E-state index contributed by atoms with van der Waals surface area (Å²) in [5, 5.41) is 11.9. The van der Waals surface area contributed by atoms with Gasteiger partial charge in [0, 0.05) is 24.9 Å². The number of aryl methyl sites for hydroxylation is 1. The third-order valence-corrected chi connectivity index (χ3v) is 3.99. The van der Waals surface area contributed by atoms with Gasteiger partial charge in [-0.05, 0) is 49.1 Å². The Bertz CT molecular complexity index is 691. The van der Waals surface area contributed by atoms with Crippen LogP contribution in [-0.4, -0.2) is 24.9 Å². The maximum atomic E-state index is 14.4. The second kappa shape index (κ2) is 10.7. The molecule has 5 heteroatoms. The monoisotopic (exact) mass is 361 g/mol. The summed E-state index contributed by atoms with van der Waals surface area (Å²) in [6.45, 7) is 5.48. The van der Waals surface area contributed by atoms with E-state index in [2.05, 4.69) is 19.2 Å². The molecule has 4 nitrogen and oxygen atoms in total. The molecule has 0 saturated heterocycles. The van der Waals surface area contributed by atoms with Crippen LogP contribution in [0.4, 0.5) is 10.1 Å². The predicted molar refractivity (Wildman–Crippen MR) is 103 cm³/mol. The molecule has 2 aromatic carbocycles. The molecule has 0 fully saturated rings. The van der Waals surface area contributed by atoms with Crippen molar-refractivity contribution in [3.63, 3.8) is 0 Å². The van der Waals surface area contributed by atoms with Crippen molar-refractivity contribution in [2.24, 2.45) is 0 Å². The lowest BCUT2D eigenvalue weighted by molar-refractivity contribution is 0.292. The van der Waals surface area contributed by atoms with Gasteiger partial charge in [0.05, 0.1) is 6.61 Å². The van der Waals surface area contributed by atoms with Crippen LogP contribution in [0.15, 0.2) is 36.4 Å². The zero-order chi connectivity index (χ0) is 18.8. The fraction of sp³-hybridized carbons (Fsp3) is 0.429. The highest BCUT2D eigenvalue weighted by atomic mass is 19.1. The van der Waals surface area contributed by atoms with Gasteiger partial charge in [0.1, 0.15) is 0 Å². The lowest BCUT2D eigenvalue weighted by Gasteiger charge is -2.15. The number of unbranched alkanes of at least 4 members (excludes halogenated alkanes) is 1. The van der Waals surface area contributed by atoms with Gasteiger partial charge in [-0.2, -0.15) is 0 Å². The Morgan fingerprint density at radius 2 is 1.81 bits per heavy atom. The molecule has 0 radical (unpaired) electrons. The number of hydrogen-bond acceptors (Lipinski definition) is 4. The van der Waals surface area contributed by atoms with E-state index < -0.39 is 5.82 Å². The Morgan fingerprint density at radius 3 is 2.50 bits per heavy atom. The number of hydrogen-bond donors (Lipinski definition) is 2. The predicted octanol–water partition coefficient (Wildman–Crippen LogP) is 5.15. The summed E-state index contributed by atoms with van der Waals surface area (Å²) in [6.07, 6.45) is 3.51. The second-order valence-electron chi connectivity index (χ2n) is 6.09. The third-order valence-electron chi connectivity index (χ3n) is 3.99. The number of halogens is 1. The van der Waals surface area contributed by atoms with Crippen LogP contribution in [0, 0.1) is 5.82 Å². The Balaban J connectivity index is 2.13. The molecule has 0 atom stereocenters. The molecule has 2 aromatic rings. The summed E-state index contributed by atoms with van der Waals surface area (Å²) < 4.78 is 26.0. The van der Waals surface area contributed by atoms with Crippen molar-refractivity contribution in [1.82, 2.24) is 0 Å². The highest BCUT2D eigenvalue weighted by Gasteiger charge is 2.11. The van der Waals surface area contributed by atoms with Gasteiger partial charge in [-0.15, -0.1) is 0 Å². The highest BCUT2D eigenvalue weighted by molar-refractivity contribution is 5.50. The average Bonchev–Trinajstić information content (AvgIpc) is 2.65. The van der Waals surface area contributed by atoms with Gasteiger partial charge < -0.3 is 19.9 Å². The largest absolute Gasteiger partial charge is 0.490 e. The van der Waals surface area contributed by atoms with Crippen LogP contribution >= 0.6 is 0 Å². The molecule has 0 amide bonds. The molecule has 0 aliphatic heterocycles. The number of nitrogens with one attached hydrogen (secondary N) is 1. The van der Waals surface area contributed by atoms with Crippen molar-refractivity contribution >= 4 is 5.69 Å². The molecule has 0 bridgehead atoms. The van der Waals surface area contributed by atoms with Crippen molar-refractivity contribution in [3.05, 3.63) is 47.8 Å². The van der Waals surface area contributed by atoms with Crippen LogP contribution in [0.25, 0.3) is 0 Å². The van der Waals surface area contributed by atoms with Crippen LogP contribution in [0.5, 0.6) is 17.2 Å². The molecule has 0 aliphatic carbocycles. The maximum absolute atomic E-state index is 14.4. The molecule has 142 valence electrons. The highest BCUT2D eigenvalue weighted by Crippen LogP contribution is 2.34. The second-order valence-corrected chi connectivity index (χ2v) is 6.09. The molecule has 0 aliphatic rings. The normalized spacial score (nSPS) is 10.6.